The van der Waals surface area contributed by atoms with Gasteiger partial charge in [-0.25, -0.2) is 0 Å². The molecule has 0 saturated carbocycles. The Labute approximate surface area is 184 Å². The number of epoxide rings is 1. The van der Waals surface area contributed by atoms with Crippen molar-refractivity contribution in [2.24, 2.45) is 0 Å². The second kappa shape index (κ2) is 8.77. The zero-order valence-corrected chi connectivity index (χ0v) is 17.6. The Morgan fingerprint density at radius 3 is 2.50 bits per heavy atom. The monoisotopic (exact) mass is 430 g/mol. The van der Waals surface area contributed by atoms with E-state index in [2.05, 4.69) is 0 Å². The van der Waals surface area contributed by atoms with Crippen LogP contribution in [0, 0.1) is 0 Å². The highest BCUT2D eigenvalue weighted by Crippen LogP contribution is 2.32. The minimum Gasteiger partial charge on any atom is -0.497 e. The first-order valence-corrected chi connectivity index (χ1v) is 10.4. The van der Waals surface area contributed by atoms with Gasteiger partial charge < -0.3 is 23.4 Å². The van der Waals surface area contributed by atoms with Gasteiger partial charge >= 0.3 is 0 Å². The van der Waals surface area contributed by atoms with Gasteiger partial charge in [-0.2, -0.15) is 0 Å². The molecule has 0 unspecified atom stereocenters. The highest BCUT2D eigenvalue weighted by molar-refractivity contribution is 5.80. The molecule has 1 aliphatic rings. The number of fused-ring (bicyclic) bond motifs is 1. The minimum absolute atomic E-state index is 0.132. The maximum Gasteiger partial charge on any atom is 0.193 e. The van der Waals surface area contributed by atoms with E-state index in [0.717, 1.165) is 12.2 Å². The zero-order chi connectivity index (χ0) is 21.9. The van der Waals surface area contributed by atoms with Gasteiger partial charge in [-0.15, -0.1) is 0 Å². The number of rotatable bonds is 8. The molecule has 32 heavy (non-hydrogen) atoms. The molecule has 0 bridgehead atoms. The van der Waals surface area contributed by atoms with Crippen molar-refractivity contribution in [2.45, 2.75) is 12.7 Å². The normalized spacial score (nSPS) is 14.8. The van der Waals surface area contributed by atoms with Gasteiger partial charge in [0.1, 0.15) is 47.9 Å². The summed E-state index contributed by atoms with van der Waals surface area (Å²) < 4.78 is 28.4. The van der Waals surface area contributed by atoms with Crippen molar-refractivity contribution in [3.8, 4) is 28.6 Å². The van der Waals surface area contributed by atoms with Gasteiger partial charge in [0.25, 0.3) is 0 Å². The maximum absolute atomic E-state index is 12.7. The number of hydrogen-bond acceptors (Lipinski definition) is 6. The van der Waals surface area contributed by atoms with E-state index in [1.807, 2.05) is 42.5 Å². The van der Waals surface area contributed by atoms with Gasteiger partial charge in [0.15, 0.2) is 5.43 Å². The van der Waals surface area contributed by atoms with E-state index in [9.17, 15) is 4.79 Å². The Kier molecular flexibility index (Phi) is 5.52. The van der Waals surface area contributed by atoms with Crippen molar-refractivity contribution in [3.05, 3.63) is 88.6 Å². The van der Waals surface area contributed by atoms with Crippen molar-refractivity contribution in [1.82, 2.24) is 0 Å². The van der Waals surface area contributed by atoms with E-state index in [4.69, 9.17) is 23.4 Å². The average molecular weight is 430 g/mol. The second-order valence-corrected chi connectivity index (χ2v) is 7.57. The van der Waals surface area contributed by atoms with Crippen LogP contribution in [0.3, 0.4) is 0 Å². The van der Waals surface area contributed by atoms with Crippen LogP contribution in [0.2, 0.25) is 0 Å². The smallest absolute Gasteiger partial charge is 0.193 e. The van der Waals surface area contributed by atoms with Crippen LogP contribution in [0.15, 0.2) is 82.0 Å². The summed E-state index contributed by atoms with van der Waals surface area (Å²) >= 11 is 0. The van der Waals surface area contributed by atoms with Crippen LogP contribution in [-0.2, 0) is 11.3 Å². The molecule has 1 aromatic heterocycles. The van der Waals surface area contributed by atoms with Crippen LogP contribution in [0.25, 0.3) is 22.3 Å². The Balaban J connectivity index is 1.46. The second-order valence-electron chi connectivity index (χ2n) is 7.57. The molecule has 1 aliphatic heterocycles. The highest BCUT2D eigenvalue weighted by Gasteiger charge is 2.23. The number of methoxy groups -OCH3 is 1. The van der Waals surface area contributed by atoms with E-state index in [0.29, 0.717) is 52.8 Å². The summed E-state index contributed by atoms with van der Waals surface area (Å²) in [6.07, 6.45) is 0.148. The first kappa shape index (κ1) is 20.2. The third kappa shape index (κ3) is 4.60. The standard InChI is InChI=1S/C26H22O6/c1-28-20-9-18(10-21(11-20)29-14-17-5-3-2-4-6-17)25-13-24(27)23-8-7-19(12-26(23)32-25)30-15-22-16-31-22/h2-13,22H,14-16H2,1H3/t22-/m1/s1. The molecule has 2 heterocycles. The van der Waals surface area contributed by atoms with Gasteiger partial charge in [0.2, 0.25) is 0 Å². The summed E-state index contributed by atoms with van der Waals surface area (Å²) in [5.41, 5.74) is 2.06. The molecule has 0 amide bonds. The molecule has 6 nitrogen and oxygen atoms in total. The van der Waals surface area contributed by atoms with Crippen molar-refractivity contribution in [3.63, 3.8) is 0 Å². The molecule has 0 spiro atoms. The first-order valence-electron chi connectivity index (χ1n) is 10.4. The molecule has 162 valence electrons. The Morgan fingerprint density at radius 2 is 1.72 bits per heavy atom. The average Bonchev–Trinajstić information content (AvgIpc) is 3.66. The fourth-order valence-electron chi connectivity index (χ4n) is 3.38. The predicted octanol–water partition coefficient (Wildman–Crippen LogP) is 4.83. The van der Waals surface area contributed by atoms with Gasteiger partial charge in [-0.1, -0.05) is 30.3 Å². The SMILES string of the molecule is COc1cc(OCc2ccccc2)cc(-c2cc(=O)c3ccc(OC[C@@H]4CO4)cc3o2)c1. The quantitative estimate of drug-likeness (QED) is 0.373. The summed E-state index contributed by atoms with van der Waals surface area (Å²) in [7, 11) is 1.59. The molecule has 6 heteroatoms. The highest BCUT2D eigenvalue weighted by atomic mass is 16.6. The van der Waals surface area contributed by atoms with Crippen molar-refractivity contribution >= 4 is 11.0 Å². The summed E-state index contributed by atoms with van der Waals surface area (Å²) in [5, 5.41) is 0.493. The van der Waals surface area contributed by atoms with Gasteiger partial charge in [-0.3, -0.25) is 4.79 Å². The lowest BCUT2D eigenvalue weighted by molar-refractivity contribution is 0.263. The molecule has 3 aromatic carbocycles. The molecule has 1 saturated heterocycles. The predicted molar refractivity (Wildman–Crippen MR) is 120 cm³/mol. The maximum atomic E-state index is 12.7. The molecule has 1 fully saturated rings. The van der Waals surface area contributed by atoms with E-state index in [1.54, 1.807) is 31.4 Å². The molecule has 1 atom stereocenters. The van der Waals surface area contributed by atoms with Crippen LogP contribution in [0.1, 0.15) is 5.56 Å². The van der Waals surface area contributed by atoms with E-state index in [-0.39, 0.29) is 11.5 Å². The largest absolute Gasteiger partial charge is 0.497 e. The Hall–Kier alpha value is -3.77. The lowest BCUT2D eigenvalue weighted by atomic mass is 10.1. The van der Waals surface area contributed by atoms with Gasteiger partial charge in [0.05, 0.1) is 19.1 Å². The topological polar surface area (TPSA) is 70.4 Å². The fraction of sp³-hybridized carbons (Fsp3) is 0.192. The van der Waals surface area contributed by atoms with Crippen molar-refractivity contribution in [1.29, 1.82) is 0 Å². The molecular formula is C26H22O6. The van der Waals surface area contributed by atoms with E-state index < -0.39 is 0 Å². The molecule has 0 aliphatic carbocycles. The number of hydrogen-bond donors (Lipinski definition) is 0. The third-order valence-corrected chi connectivity index (χ3v) is 5.19. The van der Waals surface area contributed by atoms with Gasteiger partial charge in [0, 0.05) is 23.8 Å². The van der Waals surface area contributed by atoms with E-state index >= 15 is 0 Å². The summed E-state index contributed by atoms with van der Waals surface area (Å²) in [5.74, 6) is 2.28. The van der Waals surface area contributed by atoms with Crippen molar-refractivity contribution < 1.29 is 23.4 Å². The summed E-state index contributed by atoms with van der Waals surface area (Å²) in [6.45, 7) is 1.62. The number of benzene rings is 3. The van der Waals surface area contributed by atoms with Crippen LogP contribution in [0.5, 0.6) is 17.2 Å². The molecular weight excluding hydrogens is 408 g/mol. The molecule has 0 radical (unpaired) electrons. The van der Waals surface area contributed by atoms with Crippen LogP contribution in [-0.4, -0.2) is 26.4 Å². The number of ether oxygens (including phenoxy) is 4. The van der Waals surface area contributed by atoms with Crippen LogP contribution >= 0.6 is 0 Å². The minimum atomic E-state index is -0.132. The fourth-order valence-corrected chi connectivity index (χ4v) is 3.38. The van der Waals surface area contributed by atoms with Gasteiger partial charge in [-0.05, 0) is 29.8 Å². The Morgan fingerprint density at radius 1 is 0.906 bits per heavy atom. The molecule has 4 aromatic rings. The summed E-state index contributed by atoms with van der Waals surface area (Å²) in [4.78, 5) is 12.7. The van der Waals surface area contributed by atoms with Crippen LogP contribution in [0.4, 0.5) is 0 Å². The first-order chi connectivity index (χ1) is 15.7. The van der Waals surface area contributed by atoms with Crippen LogP contribution < -0.4 is 19.6 Å². The Bertz CT molecular complexity index is 1290. The third-order valence-electron chi connectivity index (χ3n) is 5.19. The lowest BCUT2D eigenvalue weighted by Gasteiger charge is -2.11. The van der Waals surface area contributed by atoms with E-state index in [1.165, 1.54) is 6.07 Å². The summed E-state index contributed by atoms with van der Waals surface area (Å²) in [6, 6.07) is 22.0. The molecule has 0 N–H and O–H groups in total. The van der Waals surface area contributed by atoms with Crippen molar-refractivity contribution in [2.75, 3.05) is 20.3 Å². The zero-order valence-electron chi connectivity index (χ0n) is 17.6. The molecule has 5 rings (SSSR count). The lowest BCUT2D eigenvalue weighted by Crippen LogP contribution is -2.05.